The highest BCUT2D eigenvalue weighted by molar-refractivity contribution is 5.98. The monoisotopic (exact) mass is 413 g/mol. The average Bonchev–Trinajstić information content (AvgIpc) is 3.26. The van der Waals surface area contributed by atoms with Crippen LogP contribution in [0.15, 0.2) is 91.1 Å². The van der Waals surface area contributed by atoms with E-state index in [9.17, 15) is 14.7 Å². The summed E-state index contributed by atoms with van der Waals surface area (Å²) >= 11 is 0. The molecule has 0 atom stereocenters. The molecule has 0 aliphatic heterocycles. The zero-order chi connectivity index (χ0) is 21.6. The zero-order valence-electron chi connectivity index (χ0n) is 16.4. The molecule has 2 N–H and O–H groups in total. The van der Waals surface area contributed by atoms with Gasteiger partial charge in [-0.15, -0.1) is 0 Å². The number of aromatic nitrogens is 2. The number of benzene rings is 3. The molecule has 31 heavy (non-hydrogen) atoms. The molecule has 1 amide bonds. The van der Waals surface area contributed by atoms with Gasteiger partial charge in [0.15, 0.2) is 6.61 Å². The molecule has 0 saturated carbocycles. The third kappa shape index (κ3) is 4.79. The van der Waals surface area contributed by atoms with E-state index in [1.54, 1.807) is 23.0 Å². The van der Waals surface area contributed by atoms with Crippen LogP contribution in [-0.2, 0) is 9.53 Å². The number of hydrogen-bond acceptors (Lipinski definition) is 5. The number of esters is 1. The topological polar surface area (TPSA) is 93.5 Å². The summed E-state index contributed by atoms with van der Waals surface area (Å²) in [5, 5.41) is 16.5. The molecular formula is C24H19N3O4. The third-order valence-corrected chi connectivity index (χ3v) is 4.49. The second kappa shape index (κ2) is 8.96. The van der Waals surface area contributed by atoms with E-state index in [2.05, 4.69) is 10.4 Å². The van der Waals surface area contributed by atoms with Crippen molar-refractivity contribution in [2.75, 3.05) is 11.9 Å². The molecular weight excluding hydrogens is 394 g/mol. The molecule has 0 fully saturated rings. The molecule has 0 aliphatic carbocycles. The second-order valence-electron chi connectivity index (χ2n) is 6.71. The minimum absolute atomic E-state index is 0.0910. The first-order valence-corrected chi connectivity index (χ1v) is 9.57. The van der Waals surface area contributed by atoms with Crippen molar-refractivity contribution >= 4 is 17.6 Å². The quantitative estimate of drug-likeness (QED) is 0.368. The molecule has 1 heterocycles. The van der Waals surface area contributed by atoms with Gasteiger partial charge in [-0.2, -0.15) is 5.10 Å². The molecule has 3 aromatic carbocycles. The Labute approximate surface area is 178 Å². The predicted octanol–water partition coefficient (Wildman–Crippen LogP) is 4.04. The van der Waals surface area contributed by atoms with Crippen molar-refractivity contribution < 1.29 is 19.4 Å². The standard InChI is InChI=1S/C24H19N3O4/c28-20-13-11-18(12-14-20)25-22(29)16-31-24(30)21-15-27(19-9-5-2-6-10-19)26-23(21)17-7-3-1-4-8-17/h1-15,28H,16H2,(H,25,29). The number of amides is 1. The molecule has 4 rings (SSSR count). The van der Waals surface area contributed by atoms with Crippen LogP contribution in [0.2, 0.25) is 0 Å². The fraction of sp³-hybridized carbons (Fsp3) is 0.0417. The van der Waals surface area contributed by atoms with Gasteiger partial charge in [0.1, 0.15) is 17.0 Å². The highest BCUT2D eigenvalue weighted by Gasteiger charge is 2.20. The maximum Gasteiger partial charge on any atom is 0.342 e. The number of anilines is 1. The third-order valence-electron chi connectivity index (χ3n) is 4.49. The number of para-hydroxylation sites is 1. The lowest BCUT2D eigenvalue weighted by Gasteiger charge is -2.07. The van der Waals surface area contributed by atoms with Crippen LogP contribution >= 0.6 is 0 Å². The highest BCUT2D eigenvalue weighted by atomic mass is 16.5. The van der Waals surface area contributed by atoms with Crippen LogP contribution in [0, 0.1) is 0 Å². The van der Waals surface area contributed by atoms with Crippen molar-refractivity contribution in [1.82, 2.24) is 9.78 Å². The maximum atomic E-state index is 12.8. The number of phenols is 1. The van der Waals surface area contributed by atoms with Crippen LogP contribution in [0.5, 0.6) is 5.75 Å². The second-order valence-corrected chi connectivity index (χ2v) is 6.71. The average molecular weight is 413 g/mol. The lowest BCUT2D eigenvalue weighted by atomic mass is 10.1. The van der Waals surface area contributed by atoms with Crippen LogP contribution in [0.4, 0.5) is 5.69 Å². The number of nitrogens with zero attached hydrogens (tertiary/aromatic N) is 2. The summed E-state index contributed by atoms with van der Waals surface area (Å²) in [4.78, 5) is 24.9. The largest absolute Gasteiger partial charge is 0.508 e. The van der Waals surface area contributed by atoms with Crippen molar-refractivity contribution in [3.05, 3.63) is 96.7 Å². The maximum absolute atomic E-state index is 12.8. The Hall–Kier alpha value is -4.39. The Morgan fingerprint density at radius 3 is 2.23 bits per heavy atom. The van der Waals surface area contributed by atoms with Crippen LogP contribution in [0.25, 0.3) is 16.9 Å². The summed E-state index contributed by atoms with van der Waals surface area (Å²) in [5.41, 5.74) is 2.77. The van der Waals surface area contributed by atoms with Crippen LogP contribution in [0.3, 0.4) is 0 Å². The highest BCUT2D eigenvalue weighted by Crippen LogP contribution is 2.24. The number of ether oxygens (including phenoxy) is 1. The van der Waals surface area contributed by atoms with E-state index in [1.807, 2.05) is 60.7 Å². The van der Waals surface area contributed by atoms with Gasteiger partial charge < -0.3 is 15.2 Å². The fourth-order valence-electron chi connectivity index (χ4n) is 3.00. The Bertz CT molecular complexity index is 1190. The molecule has 4 aromatic rings. The van der Waals surface area contributed by atoms with E-state index in [1.165, 1.54) is 12.1 Å². The summed E-state index contributed by atoms with van der Waals surface area (Å²) in [6.45, 7) is -0.454. The van der Waals surface area contributed by atoms with Gasteiger partial charge in [-0.1, -0.05) is 48.5 Å². The summed E-state index contributed by atoms with van der Waals surface area (Å²) in [6.07, 6.45) is 1.60. The number of carbonyl (C=O) groups is 2. The van der Waals surface area contributed by atoms with Crippen LogP contribution < -0.4 is 5.32 Å². The van der Waals surface area contributed by atoms with Crippen molar-refractivity contribution in [3.63, 3.8) is 0 Å². The summed E-state index contributed by atoms with van der Waals surface area (Å²) in [5.74, 6) is -1.05. The number of aromatic hydroxyl groups is 1. The van der Waals surface area contributed by atoms with Gasteiger partial charge in [-0.3, -0.25) is 4.79 Å². The van der Waals surface area contributed by atoms with Crippen molar-refractivity contribution in [2.24, 2.45) is 0 Å². The van der Waals surface area contributed by atoms with Gasteiger partial charge in [-0.25, -0.2) is 9.48 Å². The van der Waals surface area contributed by atoms with Crippen molar-refractivity contribution in [3.8, 4) is 22.7 Å². The van der Waals surface area contributed by atoms with E-state index in [0.717, 1.165) is 11.3 Å². The number of hydrogen-bond donors (Lipinski definition) is 2. The summed E-state index contributed by atoms with van der Waals surface area (Å²) in [6, 6.07) is 24.7. The van der Waals surface area contributed by atoms with Gasteiger partial charge in [0.2, 0.25) is 0 Å². The molecule has 0 bridgehead atoms. The molecule has 0 saturated heterocycles. The number of rotatable bonds is 6. The van der Waals surface area contributed by atoms with Crippen molar-refractivity contribution in [2.45, 2.75) is 0 Å². The molecule has 154 valence electrons. The van der Waals surface area contributed by atoms with Gasteiger partial charge in [0.05, 0.1) is 5.69 Å². The number of phenolic OH excluding ortho intramolecular Hbond substituents is 1. The lowest BCUT2D eigenvalue weighted by molar-refractivity contribution is -0.119. The van der Waals surface area contributed by atoms with E-state index < -0.39 is 18.5 Å². The fourth-order valence-corrected chi connectivity index (χ4v) is 3.00. The molecule has 0 aliphatic rings. The number of nitrogens with one attached hydrogen (secondary N) is 1. The Morgan fingerprint density at radius 2 is 1.55 bits per heavy atom. The van der Waals surface area contributed by atoms with Gasteiger partial charge in [-0.05, 0) is 36.4 Å². The van der Waals surface area contributed by atoms with E-state index in [-0.39, 0.29) is 11.3 Å². The minimum atomic E-state index is -0.651. The van der Waals surface area contributed by atoms with Gasteiger partial charge >= 0.3 is 5.97 Å². The first-order valence-electron chi connectivity index (χ1n) is 9.57. The molecule has 7 nitrogen and oxygen atoms in total. The normalized spacial score (nSPS) is 10.5. The van der Waals surface area contributed by atoms with E-state index in [4.69, 9.17) is 4.74 Å². The summed E-state index contributed by atoms with van der Waals surface area (Å²) < 4.78 is 6.85. The number of carbonyl (C=O) groups excluding carboxylic acids is 2. The first kappa shape index (κ1) is 19.9. The van der Waals surface area contributed by atoms with Crippen LogP contribution in [0.1, 0.15) is 10.4 Å². The van der Waals surface area contributed by atoms with Crippen molar-refractivity contribution in [1.29, 1.82) is 0 Å². The van der Waals surface area contributed by atoms with E-state index in [0.29, 0.717) is 11.4 Å². The molecule has 0 radical (unpaired) electrons. The molecule has 1 aromatic heterocycles. The first-order chi connectivity index (χ1) is 15.1. The SMILES string of the molecule is O=C(COC(=O)c1cn(-c2ccccc2)nc1-c1ccccc1)Nc1ccc(O)cc1. The lowest BCUT2D eigenvalue weighted by Crippen LogP contribution is -2.21. The van der Waals surface area contributed by atoms with Crippen LogP contribution in [-0.4, -0.2) is 33.4 Å². The summed E-state index contributed by atoms with van der Waals surface area (Å²) in [7, 11) is 0. The molecule has 7 heteroatoms. The zero-order valence-corrected chi connectivity index (χ0v) is 16.4. The Kier molecular flexibility index (Phi) is 5.75. The van der Waals surface area contributed by atoms with Gasteiger partial charge in [0, 0.05) is 17.4 Å². The van der Waals surface area contributed by atoms with E-state index >= 15 is 0 Å². The Balaban J connectivity index is 1.53. The molecule has 0 spiro atoms. The smallest absolute Gasteiger partial charge is 0.342 e. The molecule has 0 unspecified atom stereocenters. The minimum Gasteiger partial charge on any atom is -0.508 e. The Morgan fingerprint density at radius 1 is 0.903 bits per heavy atom. The predicted molar refractivity (Wildman–Crippen MR) is 116 cm³/mol. The van der Waals surface area contributed by atoms with Gasteiger partial charge in [0.25, 0.3) is 5.91 Å².